The van der Waals surface area contributed by atoms with E-state index >= 15 is 0 Å². The summed E-state index contributed by atoms with van der Waals surface area (Å²) in [4.78, 5) is 20.7. The lowest BCUT2D eigenvalue weighted by atomic mass is 10.3. The molecule has 1 fully saturated rings. The molecule has 1 N–H and O–H groups in total. The van der Waals surface area contributed by atoms with Gasteiger partial charge in [-0.1, -0.05) is 11.3 Å². The van der Waals surface area contributed by atoms with E-state index in [9.17, 15) is 4.79 Å². The van der Waals surface area contributed by atoms with E-state index in [-0.39, 0.29) is 5.91 Å². The maximum absolute atomic E-state index is 11.9. The number of aromatic nitrogens is 3. The molecule has 9 heteroatoms. The third-order valence-electron chi connectivity index (χ3n) is 3.28. The first kappa shape index (κ1) is 14.5. The molecule has 3 heterocycles. The Labute approximate surface area is 130 Å². The van der Waals surface area contributed by atoms with Crippen LogP contribution < -0.4 is 5.32 Å². The highest BCUT2D eigenvalue weighted by Crippen LogP contribution is 2.11. The number of amides is 1. The molecule has 0 bridgehead atoms. The monoisotopic (exact) mass is 324 g/mol. The molecule has 2 aromatic rings. The molecule has 0 unspecified atom stereocenters. The van der Waals surface area contributed by atoms with Gasteiger partial charge in [-0.3, -0.25) is 19.9 Å². The van der Waals surface area contributed by atoms with Gasteiger partial charge >= 0.3 is 0 Å². The molecule has 2 aromatic heterocycles. The van der Waals surface area contributed by atoms with Gasteiger partial charge in [0.05, 0.1) is 13.1 Å². The molecule has 112 valence electrons. The van der Waals surface area contributed by atoms with Gasteiger partial charge in [0, 0.05) is 37.8 Å². The Bertz CT molecular complexity index is 550. The Morgan fingerprint density at radius 2 is 2.05 bits per heavy atom. The van der Waals surface area contributed by atoms with Crippen LogP contribution in [0.5, 0.6) is 0 Å². The summed E-state index contributed by atoms with van der Waals surface area (Å²) in [6.07, 6.45) is 1.84. The molecule has 1 aliphatic heterocycles. The number of carbonyl (C=O) groups excluding carboxylic acids is 1. The predicted octanol–water partition coefficient (Wildman–Crippen LogP) is 0.751. The summed E-state index contributed by atoms with van der Waals surface area (Å²) in [6.45, 7) is 5.04. The van der Waals surface area contributed by atoms with E-state index in [1.807, 2.05) is 11.6 Å². The van der Waals surface area contributed by atoms with Crippen molar-refractivity contribution in [2.24, 2.45) is 0 Å². The predicted molar refractivity (Wildman–Crippen MR) is 82.4 cm³/mol. The maximum atomic E-state index is 11.9. The standard InChI is InChI=1S/C12H16N6OS2/c19-10(15-12-16-14-9-21-12)7-17-2-4-18(5-3-17)8-11-13-1-6-20-11/h1,6,9H,2-5,7-8H2,(H,15,16,19). The average molecular weight is 324 g/mol. The van der Waals surface area contributed by atoms with Crippen LogP contribution in [0.15, 0.2) is 17.1 Å². The van der Waals surface area contributed by atoms with Crippen LogP contribution in [-0.2, 0) is 11.3 Å². The number of nitrogens with one attached hydrogen (secondary N) is 1. The molecule has 0 spiro atoms. The van der Waals surface area contributed by atoms with Crippen LogP contribution in [0.4, 0.5) is 5.13 Å². The largest absolute Gasteiger partial charge is 0.299 e. The van der Waals surface area contributed by atoms with Crippen LogP contribution in [0.1, 0.15) is 5.01 Å². The molecule has 1 aliphatic rings. The van der Waals surface area contributed by atoms with Gasteiger partial charge in [0.15, 0.2) is 0 Å². The van der Waals surface area contributed by atoms with Crippen molar-refractivity contribution < 1.29 is 4.79 Å². The van der Waals surface area contributed by atoms with Crippen LogP contribution >= 0.6 is 22.7 Å². The van der Waals surface area contributed by atoms with Gasteiger partial charge in [0.2, 0.25) is 11.0 Å². The Hall–Kier alpha value is -1.42. The molecule has 0 aromatic carbocycles. The summed E-state index contributed by atoms with van der Waals surface area (Å²) in [5.41, 5.74) is 1.60. The zero-order valence-electron chi connectivity index (χ0n) is 11.4. The number of hydrogen-bond acceptors (Lipinski definition) is 8. The Balaban J connectivity index is 1.40. The van der Waals surface area contributed by atoms with Gasteiger partial charge in [-0.2, -0.15) is 0 Å². The Morgan fingerprint density at radius 3 is 2.71 bits per heavy atom. The summed E-state index contributed by atoms with van der Waals surface area (Å²) < 4.78 is 0. The third kappa shape index (κ3) is 4.27. The number of hydrogen-bond donors (Lipinski definition) is 1. The second-order valence-electron chi connectivity index (χ2n) is 4.77. The van der Waals surface area contributed by atoms with Crippen molar-refractivity contribution in [1.29, 1.82) is 0 Å². The van der Waals surface area contributed by atoms with E-state index in [0.717, 1.165) is 37.7 Å². The lowest BCUT2D eigenvalue weighted by Gasteiger charge is -2.33. The normalized spacial score (nSPS) is 17.0. The van der Waals surface area contributed by atoms with Crippen molar-refractivity contribution >= 4 is 33.7 Å². The van der Waals surface area contributed by atoms with Crippen molar-refractivity contribution in [3.05, 3.63) is 22.1 Å². The van der Waals surface area contributed by atoms with Crippen molar-refractivity contribution in [3.8, 4) is 0 Å². The Kier molecular flexibility index (Phi) is 4.86. The van der Waals surface area contributed by atoms with E-state index in [1.165, 1.54) is 11.3 Å². The molecular weight excluding hydrogens is 308 g/mol. The van der Waals surface area contributed by atoms with Gasteiger partial charge < -0.3 is 0 Å². The topological polar surface area (TPSA) is 74.2 Å². The van der Waals surface area contributed by atoms with Crippen molar-refractivity contribution in [2.45, 2.75) is 6.54 Å². The molecule has 0 radical (unpaired) electrons. The highest BCUT2D eigenvalue weighted by atomic mass is 32.1. The lowest BCUT2D eigenvalue weighted by molar-refractivity contribution is -0.117. The van der Waals surface area contributed by atoms with Crippen LogP contribution in [-0.4, -0.2) is 63.6 Å². The van der Waals surface area contributed by atoms with E-state index in [2.05, 4.69) is 30.3 Å². The quantitative estimate of drug-likeness (QED) is 0.875. The molecule has 3 rings (SSSR count). The zero-order valence-corrected chi connectivity index (χ0v) is 13.1. The van der Waals surface area contributed by atoms with Crippen LogP contribution in [0.3, 0.4) is 0 Å². The highest BCUT2D eigenvalue weighted by molar-refractivity contribution is 7.13. The van der Waals surface area contributed by atoms with Crippen molar-refractivity contribution in [1.82, 2.24) is 25.0 Å². The average Bonchev–Trinajstić information content (AvgIpc) is 3.14. The minimum atomic E-state index is -0.0277. The number of carbonyl (C=O) groups is 1. The summed E-state index contributed by atoms with van der Waals surface area (Å²) in [6, 6.07) is 0. The molecular formula is C12H16N6OS2. The zero-order chi connectivity index (χ0) is 14.5. The highest BCUT2D eigenvalue weighted by Gasteiger charge is 2.19. The molecule has 1 saturated heterocycles. The van der Waals surface area contributed by atoms with Gasteiger partial charge in [0.1, 0.15) is 10.5 Å². The molecule has 21 heavy (non-hydrogen) atoms. The van der Waals surface area contributed by atoms with Crippen LogP contribution in [0.25, 0.3) is 0 Å². The third-order valence-corrected chi connectivity index (χ3v) is 4.65. The van der Waals surface area contributed by atoms with Gasteiger partial charge in [-0.25, -0.2) is 4.98 Å². The number of nitrogens with zero attached hydrogens (tertiary/aromatic N) is 5. The Morgan fingerprint density at radius 1 is 1.24 bits per heavy atom. The molecule has 0 saturated carbocycles. The number of piperazine rings is 1. The molecule has 0 atom stereocenters. The minimum absolute atomic E-state index is 0.0277. The van der Waals surface area contributed by atoms with Gasteiger partial charge in [0.25, 0.3) is 0 Å². The fourth-order valence-corrected chi connectivity index (χ4v) is 3.34. The number of rotatable bonds is 5. The smallest absolute Gasteiger partial charge is 0.240 e. The summed E-state index contributed by atoms with van der Waals surface area (Å²) in [5, 5.41) is 14.0. The number of anilines is 1. The summed E-state index contributed by atoms with van der Waals surface area (Å²) in [5.74, 6) is -0.0277. The first-order chi connectivity index (χ1) is 10.3. The SMILES string of the molecule is O=C(CN1CCN(Cc2nccs2)CC1)Nc1nncs1. The van der Waals surface area contributed by atoms with E-state index in [0.29, 0.717) is 11.7 Å². The number of thiazole rings is 1. The molecule has 7 nitrogen and oxygen atoms in total. The summed E-state index contributed by atoms with van der Waals surface area (Å²) in [7, 11) is 0. The van der Waals surface area contributed by atoms with Crippen LogP contribution in [0.2, 0.25) is 0 Å². The maximum Gasteiger partial charge on any atom is 0.240 e. The first-order valence-corrected chi connectivity index (χ1v) is 8.44. The first-order valence-electron chi connectivity index (χ1n) is 6.69. The van der Waals surface area contributed by atoms with Gasteiger partial charge in [-0.15, -0.1) is 21.5 Å². The van der Waals surface area contributed by atoms with E-state index in [1.54, 1.807) is 16.8 Å². The minimum Gasteiger partial charge on any atom is -0.299 e. The van der Waals surface area contributed by atoms with E-state index < -0.39 is 0 Å². The van der Waals surface area contributed by atoms with E-state index in [4.69, 9.17) is 0 Å². The fraction of sp³-hybridized carbons (Fsp3) is 0.500. The summed E-state index contributed by atoms with van der Waals surface area (Å²) >= 11 is 3.02. The lowest BCUT2D eigenvalue weighted by Crippen LogP contribution is -2.48. The fourth-order valence-electron chi connectivity index (χ4n) is 2.22. The second kappa shape index (κ2) is 7.03. The molecule has 0 aliphatic carbocycles. The second-order valence-corrected chi connectivity index (χ2v) is 6.58. The van der Waals surface area contributed by atoms with Crippen molar-refractivity contribution in [2.75, 3.05) is 38.0 Å². The van der Waals surface area contributed by atoms with Crippen molar-refractivity contribution in [3.63, 3.8) is 0 Å². The molecule has 1 amide bonds. The van der Waals surface area contributed by atoms with Gasteiger partial charge in [-0.05, 0) is 0 Å². The van der Waals surface area contributed by atoms with Crippen LogP contribution in [0, 0.1) is 0 Å².